The number of carbonyl (C=O) groups is 1. The Balaban J connectivity index is 1.44. The standard InChI is InChI=1S/C23H26N2O3S/c26-23(24-14-19-13-20(19)15-24)18-11-12-22(17-7-3-1-4-8-17)25(16-18)29(27,28)21-9-5-2-6-10-21/h1-10,18-20,22H,11-16H2/t18-,19-,20+,22-/m1/s1. The van der Waals surface area contributed by atoms with Gasteiger partial charge in [-0.2, -0.15) is 4.31 Å². The van der Waals surface area contributed by atoms with Crippen LogP contribution in [0.1, 0.15) is 30.9 Å². The minimum atomic E-state index is -3.69. The second-order valence-corrected chi connectivity index (χ2v) is 10.5. The van der Waals surface area contributed by atoms with E-state index in [2.05, 4.69) is 0 Å². The zero-order valence-electron chi connectivity index (χ0n) is 16.4. The number of sulfonamides is 1. The van der Waals surface area contributed by atoms with E-state index in [-0.39, 0.29) is 29.3 Å². The molecule has 0 aromatic heterocycles. The third-order valence-corrected chi connectivity index (χ3v) is 8.60. The summed E-state index contributed by atoms with van der Waals surface area (Å²) in [6.45, 7) is 1.96. The average Bonchev–Trinajstić information content (AvgIpc) is 3.39. The van der Waals surface area contributed by atoms with Gasteiger partial charge in [0.1, 0.15) is 0 Å². The van der Waals surface area contributed by atoms with E-state index in [1.54, 1.807) is 28.6 Å². The molecule has 1 saturated carbocycles. The van der Waals surface area contributed by atoms with Crippen LogP contribution >= 0.6 is 0 Å². The van der Waals surface area contributed by atoms with Crippen LogP contribution in [-0.2, 0) is 14.8 Å². The zero-order chi connectivity index (χ0) is 20.0. The molecule has 3 aliphatic rings. The van der Waals surface area contributed by atoms with Crippen molar-refractivity contribution in [2.75, 3.05) is 19.6 Å². The van der Waals surface area contributed by atoms with Crippen LogP contribution in [0.15, 0.2) is 65.6 Å². The highest BCUT2D eigenvalue weighted by Crippen LogP contribution is 2.46. The van der Waals surface area contributed by atoms with Crippen LogP contribution in [0, 0.1) is 17.8 Å². The quantitative estimate of drug-likeness (QED) is 0.777. The zero-order valence-corrected chi connectivity index (χ0v) is 17.2. The Bertz CT molecular complexity index is 983. The van der Waals surface area contributed by atoms with E-state index in [0.29, 0.717) is 18.3 Å². The molecule has 29 heavy (non-hydrogen) atoms. The van der Waals surface area contributed by atoms with Gasteiger partial charge >= 0.3 is 0 Å². The molecule has 1 aliphatic carbocycles. The van der Waals surface area contributed by atoms with Crippen LogP contribution < -0.4 is 0 Å². The first kappa shape index (κ1) is 18.8. The van der Waals surface area contributed by atoms with E-state index in [1.165, 1.54) is 6.42 Å². The first-order chi connectivity index (χ1) is 14.0. The number of nitrogens with zero attached hydrogens (tertiary/aromatic N) is 2. The number of hydrogen-bond acceptors (Lipinski definition) is 3. The Hall–Kier alpha value is -2.18. The van der Waals surface area contributed by atoms with Crippen molar-refractivity contribution in [1.82, 2.24) is 9.21 Å². The van der Waals surface area contributed by atoms with Gasteiger partial charge in [0.15, 0.2) is 0 Å². The minimum absolute atomic E-state index is 0.136. The minimum Gasteiger partial charge on any atom is -0.342 e. The number of amides is 1. The maximum atomic E-state index is 13.5. The normalized spacial score (nSPS) is 29.4. The maximum absolute atomic E-state index is 13.5. The first-order valence-electron chi connectivity index (χ1n) is 10.4. The summed E-state index contributed by atoms with van der Waals surface area (Å²) in [7, 11) is -3.69. The van der Waals surface area contributed by atoms with Gasteiger partial charge in [-0.1, -0.05) is 48.5 Å². The lowest BCUT2D eigenvalue weighted by molar-refractivity contribution is -0.136. The topological polar surface area (TPSA) is 57.7 Å². The number of likely N-dealkylation sites (tertiary alicyclic amines) is 1. The molecule has 2 aromatic rings. The first-order valence-corrected chi connectivity index (χ1v) is 11.9. The van der Waals surface area contributed by atoms with Gasteiger partial charge in [-0.15, -0.1) is 0 Å². The van der Waals surface area contributed by atoms with Gasteiger partial charge in [-0.3, -0.25) is 4.79 Å². The Kier molecular flexibility index (Phi) is 4.71. The van der Waals surface area contributed by atoms with Gasteiger partial charge in [0.05, 0.1) is 16.9 Å². The van der Waals surface area contributed by atoms with Crippen LogP contribution in [0.5, 0.6) is 0 Å². The van der Waals surface area contributed by atoms with Crippen LogP contribution in [0.4, 0.5) is 0 Å². The maximum Gasteiger partial charge on any atom is 0.243 e. The Morgan fingerprint density at radius 2 is 1.45 bits per heavy atom. The lowest BCUT2D eigenvalue weighted by Gasteiger charge is -2.39. The molecule has 0 radical (unpaired) electrons. The lowest BCUT2D eigenvalue weighted by Crippen LogP contribution is -2.47. The molecule has 1 amide bonds. The van der Waals surface area contributed by atoms with Crippen molar-refractivity contribution < 1.29 is 13.2 Å². The fraction of sp³-hybridized carbons (Fsp3) is 0.435. The fourth-order valence-electron chi connectivity index (χ4n) is 4.98. The molecule has 5 rings (SSSR count). The molecule has 4 atom stereocenters. The van der Waals surface area contributed by atoms with Gasteiger partial charge in [0.2, 0.25) is 15.9 Å². The molecule has 152 valence electrons. The molecule has 0 N–H and O–H groups in total. The Morgan fingerprint density at radius 3 is 2.10 bits per heavy atom. The summed E-state index contributed by atoms with van der Waals surface area (Å²) in [5, 5.41) is 0. The summed E-state index contributed by atoms with van der Waals surface area (Å²) < 4.78 is 28.6. The molecular formula is C23H26N2O3S. The van der Waals surface area contributed by atoms with E-state index < -0.39 is 10.0 Å². The third kappa shape index (κ3) is 3.49. The van der Waals surface area contributed by atoms with Gasteiger partial charge < -0.3 is 4.90 Å². The number of fused-ring (bicyclic) bond motifs is 1. The van der Waals surface area contributed by atoms with Crippen LogP contribution in [-0.4, -0.2) is 43.2 Å². The van der Waals surface area contributed by atoms with Crippen molar-refractivity contribution in [3.63, 3.8) is 0 Å². The molecule has 2 saturated heterocycles. The number of rotatable bonds is 4. The van der Waals surface area contributed by atoms with Crippen molar-refractivity contribution in [3.8, 4) is 0 Å². The smallest absolute Gasteiger partial charge is 0.243 e. The number of hydrogen-bond donors (Lipinski definition) is 0. The Labute approximate surface area is 172 Å². The van der Waals surface area contributed by atoms with Crippen molar-refractivity contribution >= 4 is 15.9 Å². The van der Waals surface area contributed by atoms with Crippen LogP contribution in [0.3, 0.4) is 0 Å². The highest BCUT2D eigenvalue weighted by molar-refractivity contribution is 7.89. The highest BCUT2D eigenvalue weighted by atomic mass is 32.2. The molecular weight excluding hydrogens is 384 g/mol. The molecule has 0 bridgehead atoms. The summed E-state index contributed by atoms with van der Waals surface area (Å²) >= 11 is 0. The molecule has 2 heterocycles. The SMILES string of the molecule is O=C([C@@H]1CC[C@H](c2ccccc2)N(S(=O)(=O)c2ccccc2)C1)N1C[C@H]2C[C@H]2C1. The van der Waals surface area contributed by atoms with Gasteiger partial charge in [0, 0.05) is 19.6 Å². The molecule has 5 nitrogen and oxygen atoms in total. The summed E-state index contributed by atoms with van der Waals surface area (Å²) in [4.78, 5) is 15.4. The molecule has 6 heteroatoms. The van der Waals surface area contributed by atoms with E-state index in [0.717, 1.165) is 25.1 Å². The monoisotopic (exact) mass is 410 g/mol. The Morgan fingerprint density at radius 1 is 0.828 bits per heavy atom. The summed E-state index contributed by atoms with van der Waals surface area (Å²) in [5.41, 5.74) is 0.986. The van der Waals surface area contributed by atoms with Gasteiger partial charge in [-0.25, -0.2) is 8.42 Å². The molecule has 2 aromatic carbocycles. The average molecular weight is 411 g/mol. The molecule has 0 unspecified atom stereocenters. The van der Waals surface area contributed by atoms with Gasteiger partial charge in [0.25, 0.3) is 0 Å². The second kappa shape index (κ2) is 7.26. The van der Waals surface area contributed by atoms with E-state index in [4.69, 9.17) is 0 Å². The second-order valence-electron chi connectivity index (χ2n) is 8.59. The van der Waals surface area contributed by atoms with E-state index in [1.807, 2.05) is 41.3 Å². The fourth-order valence-corrected chi connectivity index (χ4v) is 6.69. The van der Waals surface area contributed by atoms with Gasteiger partial charge in [-0.05, 0) is 48.8 Å². The lowest BCUT2D eigenvalue weighted by atomic mass is 9.90. The van der Waals surface area contributed by atoms with Crippen LogP contribution in [0.2, 0.25) is 0 Å². The molecule has 2 aliphatic heterocycles. The number of piperidine rings is 2. The van der Waals surface area contributed by atoms with Crippen molar-refractivity contribution in [2.24, 2.45) is 17.8 Å². The summed E-state index contributed by atoms with van der Waals surface area (Å²) in [6, 6.07) is 18.1. The number of benzene rings is 2. The summed E-state index contributed by atoms with van der Waals surface area (Å²) in [6.07, 6.45) is 2.64. The predicted octanol–water partition coefficient (Wildman–Crippen LogP) is 3.31. The van der Waals surface area contributed by atoms with Crippen LogP contribution in [0.25, 0.3) is 0 Å². The largest absolute Gasteiger partial charge is 0.342 e. The van der Waals surface area contributed by atoms with E-state index >= 15 is 0 Å². The molecule has 3 fully saturated rings. The summed E-state index contributed by atoms with van der Waals surface area (Å²) in [5.74, 6) is 1.25. The predicted molar refractivity (Wildman–Crippen MR) is 110 cm³/mol. The molecule has 0 spiro atoms. The van der Waals surface area contributed by atoms with Crippen molar-refractivity contribution in [2.45, 2.75) is 30.2 Å². The number of carbonyl (C=O) groups excluding carboxylic acids is 1. The highest BCUT2D eigenvalue weighted by Gasteiger charge is 2.48. The van der Waals surface area contributed by atoms with Crippen molar-refractivity contribution in [3.05, 3.63) is 66.2 Å². The van der Waals surface area contributed by atoms with E-state index in [9.17, 15) is 13.2 Å². The van der Waals surface area contributed by atoms with Crippen molar-refractivity contribution in [1.29, 1.82) is 0 Å². The third-order valence-electron chi connectivity index (χ3n) is 6.71.